The van der Waals surface area contributed by atoms with Crippen LogP contribution in [0.2, 0.25) is 0 Å². The summed E-state index contributed by atoms with van der Waals surface area (Å²) in [7, 11) is 0. The highest BCUT2D eigenvalue weighted by atomic mass is 19.2. The molecule has 6 nitrogen and oxygen atoms in total. The molecule has 0 saturated heterocycles. The second-order valence-electron chi connectivity index (χ2n) is 19.6. The summed E-state index contributed by atoms with van der Waals surface area (Å²) < 4.78 is 249. The smallest absolute Gasteiger partial charge is 0.200 e. The molecule has 0 spiro atoms. The number of benzene rings is 6. The van der Waals surface area contributed by atoms with Gasteiger partial charge < -0.3 is 19.4 Å². The highest BCUT2D eigenvalue weighted by Crippen LogP contribution is 2.49. The van der Waals surface area contributed by atoms with Crippen molar-refractivity contribution < 1.29 is 75.3 Å². The molecule has 0 saturated carbocycles. The van der Waals surface area contributed by atoms with Crippen LogP contribution in [0.15, 0.2) is 103 Å². The molecule has 0 fully saturated rings. The van der Waals surface area contributed by atoms with Crippen LogP contribution in [-0.2, 0) is 0 Å². The number of fused-ring (bicyclic) bond motifs is 8. The maximum atomic E-state index is 16.5. The minimum atomic E-state index is -2.63. The van der Waals surface area contributed by atoms with Gasteiger partial charge in [0.1, 0.15) is 23.7 Å². The summed E-state index contributed by atoms with van der Waals surface area (Å²) in [6.45, 7) is 3.82. The molecule has 85 heavy (non-hydrogen) atoms. The van der Waals surface area contributed by atoms with E-state index >= 15 is 52.7 Å². The Morgan fingerprint density at radius 1 is 0.306 bits per heavy atom. The summed E-state index contributed by atoms with van der Waals surface area (Å²) in [5.41, 5.74) is -11.2. The molecule has 432 valence electrons. The van der Waals surface area contributed by atoms with Gasteiger partial charge in [-0.25, -0.2) is 75.8 Å². The summed E-state index contributed by atoms with van der Waals surface area (Å²) in [5, 5.41) is 0. The first-order chi connectivity index (χ1) is 40.8. The molecule has 9 aromatic rings. The Hall–Kier alpha value is -9.53. The van der Waals surface area contributed by atoms with Crippen molar-refractivity contribution >= 4 is 46.4 Å². The number of hydrogen-bond acceptors (Lipinski definition) is 4. The first-order valence-electron chi connectivity index (χ1n) is 26.1. The molecule has 2 aliphatic rings. The predicted octanol–water partition coefficient (Wildman–Crippen LogP) is 19.3. The van der Waals surface area contributed by atoms with Crippen molar-refractivity contribution in [2.75, 3.05) is 0 Å². The van der Waals surface area contributed by atoms with E-state index < -0.39 is 166 Å². The Bertz CT molecular complexity index is 4210. The zero-order valence-electron chi connectivity index (χ0n) is 44.0. The monoisotopic (exact) mass is 1180 g/mol. The van der Waals surface area contributed by atoms with E-state index in [0.29, 0.717) is 36.8 Å². The normalized spacial score (nSPS) is 12.8. The average Bonchev–Trinajstić information content (AvgIpc) is 2.74. The van der Waals surface area contributed by atoms with Crippen LogP contribution in [0.25, 0.3) is 90.9 Å². The molecule has 0 aliphatic carbocycles. The standard InChI is InChI=1S/C64H39F15N4O2/c1-3-12-38(28-14-7-5-8-15-28)84-40-18-11-19-41(85-39(13-4-2)29-16-9-6-10-17-29)46(40)42-30-20-22-32(80-30)43(47-50(65)56(71)62(77)57(72)51(47)66)34-24-26-36(82-34)45(49-54(69)60(75)64(79)61(76)55(49)70)37-27-25-35(83-37)44(33-23-21-31(42)81-33)48-52(67)58(73)63(78)59(74)53(48)68/h5-11,14-27,38-39,80,83H,3-4,12-13H2,1-2H3/t38-,39-/m1/s1. The average molecular weight is 1180 g/mol. The number of nitrogens with zero attached hydrogens (tertiary/aromatic N) is 2. The fourth-order valence-electron chi connectivity index (χ4n) is 10.4. The van der Waals surface area contributed by atoms with E-state index in [1.807, 2.05) is 38.1 Å². The van der Waals surface area contributed by atoms with Crippen LogP contribution in [-0.4, -0.2) is 19.9 Å². The SMILES string of the molecule is CCC[C@@H](Oc1cccc(O[C@H](CCC)c2ccccc2)c1-c1c2nc(c(-c3c(F)c(F)c(F)c(F)c3F)c3ccc([nH]3)c(-c3c(F)c(F)c(F)c(F)c3F)c3nc(c(-c4c(F)c(F)c(F)c(F)c4F)c4ccc1[nH]4)C=C3)C=C2)c1ccccc1. The van der Waals surface area contributed by atoms with Crippen molar-refractivity contribution in [1.82, 2.24) is 19.9 Å². The van der Waals surface area contributed by atoms with Gasteiger partial charge in [-0.1, -0.05) is 93.4 Å². The molecular weight excluding hydrogens is 1140 g/mol. The van der Waals surface area contributed by atoms with Crippen molar-refractivity contribution in [3.05, 3.63) is 224 Å². The zero-order chi connectivity index (χ0) is 60.3. The van der Waals surface area contributed by atoms with E-state index in [1.54, 1.807) is 54.6 Å². The molecule has 5 heterocycles. The molecule has 8 bridgehead atoms. The molecule has 11 rings (SSSR count). The van der Waals surface area contributed by atoms with E-state index in [-0.39, 0.29) is 33.8 Å². The van der Waals surface area contributed by atoms with Crippen molar-refractivity contribution in [3.8, 4) is 56.0 Å². The highest BCUT2D eigenvalue weighted by molar-refractivity contribution is 6.01. The molecular formula is C64H39F15N4O2. The fraction of sp³-hybridized carbons (Fsp3) is 0.125. The van der Waals surface area contributed by atoms with Gasteiger partial charge in [0.25, 0.3) is 0 Å². The Labute approximate surface area is 472 Å². The number of aromatic amines is 2. The second-order valence-corrected chi connectivity index (χ2v) is 19.6. The zero-order valence-corrected chi connectivity index (χ0v) is 44.0. The van der Waals surface area contributed by atoms with Crippen LogP contribution >= 0.6 is 0 Å². The first-order valence-corrected chi connectivity index (χ1v) is 26.1. The molecule has 3 aromatic heterocycles. The van der Waals surface area contributed by atoms with Crippen molar-refractivity contribution in [2.45, 2.75) is 51.7 Å². The number of halogens is 15. The lowest BCUT2D eigenvalue weighted by Gasteiger charge is -2.25. The van der Waals surface area contributed by atoms with Crippen LogP contribution in [0, 0.1) is 87.3 Å². The molecule has 0 radical (unpaired) electrons. The minimum absolute atomic E-state index is 0.0456. The van der Waals surface area contributed by atoms with E-state index in [4.69, 9.17) is 14.5 Å². The molecule has 21 heteroatoms. The lowest BCUT2D eigenvalue weighted by molar-refractivity contribution is 0.184. The largest absolute Gasteiger partial charge is 0.485 e. The Morgan fingerprint density at radius 2 is 0.565 bits per heavy atom. The number of aromatic nitrogens is 4. The van der Waals surface area contributed by atoms with Gasteiger partial charge in [0.15, 0.2) is 69.8 Å². The number of hydrogen-bond donors (Lipinski definition) is 2. The van der Waals surface area contributed by atoms with Crippen molar-refractivity contribution in [3.63, 3.8) is 0 Å². The van der Waals surface area contributed by atoms with E-state index in [2.05, 4.69) is 15.0 Å². The summed E-state index contributed by atoms with van der Waals surface area (Å²) in [4.78, 5) is 14.5. The number of rotatable bonds is 14. The summed E-state index contributed by atoms with van der Waals surface area (Å²) in [5.74, 6) is -36.9. The van der Waals surface area contributed by atoms with Crippen molar-refractivity contribution in [1.29, 1.82) is 0 Å². The Balaban J connectivity index is 1.37. The van der Waals surface area contributed by atoms with Gasteiger partial charge in [0.05, 0.1) is 45.0 Å². The third kappa shape index (κ3) is 9.93. The van der Waals surface area contributed by atoms with E-state index in [1.165, 1.54) is 12.1 Å². The molecule has 2 aliphatic heterocycles. The van der Waals surface area contributed by atoms with Crippen molar-refractivity contribution in [2.24, 2.45) is 0 Å². The lowest BCUT2D eigenvalue weighted by atomic mass is 9.99. The van der Waals surface area contributed by atoms with Gasteiger partial charge in [0, 0.05) is 44.3 Å². The maximum absolute atomic E-state index is 16.5. The predicted molar refractivity (Wildman–Crippen MR) is 289 cm³/mol. The molecule has 6 aromatic carbocycles. The first kappa shape index (κ1) is 57.3. The number of H-pyrrole nitrogens is 2. The summed E-state index contributed by atoms with van der Waals surface area (Å²) in [6, 6.07) is 26.8. The van der Waals surface area contributed by atoms with E-state index in [9.17, 15) is 13.2 Å². The van der Waals surface area contributed by atoms with Crippen LogP contribution in [0.3, 0.4) is 0 Å². The lowest BCUT2D eigenvalue weighted by Crippen LogP contribution is -2.11. The van der Waals surface area contributed by atoms with Crippen LogP contribution in [0.1, 0.15) is 85.6 Å². The van der Waals surface area contributed by atoms with Gasteiger partial charge in [-0.2, -0.15) is 0 Å². The second kappa shape index (κ2) is 22.9. The number of ether oxygens (including phenoxy) is 2. The third-order valence-electron chi connectivity index (χ3n) is 14.4. The maximum Gasteiger partial charge on any atom is 0.200 e. The van der Waals surface area contributed by atoms with E-state index in [0.717, 1.165) is 36.4 Å². The van der Waals surface area contributed by atoms with Gasteiger partial charge in [0.2, 0.25) is 17.5 Å². The van der Waals surface area contributed by atoms with Gasteiger partial charge >= 0.3 is 0 Å². The van der Waals surface area contributed by atoms with Crippen LogP contribution in [0.4, 0.5) is 65.9 Å². The molecule has 2 N–H and O–H groups in total. The Kier molecular flexibility index (Phi) is 15.4. The highest BCUT2D eigenvalue weighted by Gasteiger charge is 2.35. The van der Waals surface area contributed by atoms with Crippen LogP contribution in [0.5, 0.6) is 11.5 Å². The third-order valence-corrected chi connectivity index (χ3v) is 14.4. The fourth-order valence-corrected chi connectivity index (χ4v) is 10.4. The molecule has 0 unspecified atom stereocenters. The minimum Gasteiger partial charge on any atom is -0.485 e. The topological polar surface area (TPSA) is 75.8 Å². The number of nitrogens with one attached hydrogen (secondary N) is 2. The summed E-state index contributed by atoms with van der Waals surface area (Å²) in [6.07, 6.45) is 4.53. The summed E-state index contributed by atoms with van der Waals surface area (Å²) >= 11 is 0. The molecule has 0 amide bonds. The quantitative estimate of drug-likeness (QED) is 0.0646. The van der Waals surface area contributed by atoms with Gasteiger partial charge in [-0.05, 0) is 84.7 Å². The van der Waals surface area contributed by atoms with Gasteiger partial charge in [-0.3, -0.25) is 0 Å². The molecule has 2 atom stereocenters. The van der Waals surface area contributed by atoms with Gasteiger partial charge in [-0.15, -0.1) is 0 Å². The Morgan fingerprint density at radius 3 is 0.835 bits per heavy atom. The van der Waals surface area contributed by atoms with Crippen LogP contribution < -0.4 is 9.47 Å².